The zero-order valence-corrected chi connectivity index (χ0v) is 14.1. The first kappa shape index (κ1) is 19.2. The number of hydrogen-bond donors (Lipinski definition) is 1. The van der Waals surface area contributed by atoms with Crippen molar-refractivity contribution in [1.82, 2.24) is 24.7 Å². The molecule has 1 aliphatic heterocycles. The summed E-state index contributed by atoms with van der Waals surface area (Å²) in [5, 5.41) is 3.60. The lowest BCUT2D eigenvalue weighted by atomic mass is 9.97. The number of anilines is 1. The van der Waals surface area contributed by atoms with Gasteiger partial charge in [-0.1, -0.05) is 0 Å². The highest BCUT2D eigenvalue weighted by atomic mass is 19.4. The van der Waals surface area contributed by atoms with Gasteiger partial charge in [-0.3, -0.25) is 0 Å². The molecule has 0 saturated carbocycles. The average molecular weight is 420 g/mol. The van der Waals surface area contributed by atoms with Crippen LogP contribution in [0.4, 0.5) is 32.2 Å². The molecule has 0 bridgehead atoms. The molecular weight excluding hydrogens is 410 g/mol. The maximum Gasteiger partial charge on any atom is 0.418 e. The smallest absolute Gasteiger partial charge is 0.418 e. The van der Waals surface area contributed by atoms with Crippen LogP contribution in [0.2, 0.25) is 0 Å². The van der Waals surface area contributed by atoms with Crippen LogP contribution in [0.5, 0.6) is 11.8 Å². The van der Waals surface area contributed by atoms with Crippen molar-refractivity contribution in [3.05, 3.63) is 30.2 Å². The molecule has 0 amide bonds. The third-order valence-corrected chi connectivity index (χ3v) is 4.34. The molecule has 1 aliphatic rings. The van der Waals surface area contributed by atoms with E-state index in [4.69, 9.17) is 15.2 Å². The largest absolute Gasteiger partial charge is 0.418 e. The van der Waals surface area contributed by atoms with Gasteiger partial charge in [-0.2, -0.15) is 26.3 Å². The Morgan fingerprint density at radius 1 is 1.10 bits per heavy atom. The van der Waals surface area contributed by atoms with E-state index in [2.05, 4.69) is 20.1 Å². The van der Waals surface area contributed by atoms with E-state index in [1.165, 1.54) is 0 Å². The number of alkyl halides is 6. The summed E-state index contributed by atoms with van der Waals surface area (Å²) in [7, 11) is 0. The van der Waals surface area contributed by atoms with Gasteiger partial charge in [-0.05, 0) is 6.07 Å². The number of aromatic nitrogens is 5. The van der Waals surface area contributed by atoms with E-state index in [0.717, 1.165) is 12.5 Å². The molecule has 14 heteroatoms. The molecule has 8 nitrogen and oxygen atoms in total. The molecule has 1 saturated heterocycles. The van der Waals surface area contributed by atoms with Crippen LogP contribution in [0, 0.1) is 0 Å². The second kappa shape index (κ2) is 6.17. The van der Waals surface area contributed by atoms with Gasteiger partial charge in [-0.15, -0.1) is 5.10 Å². The summed E-state index contributed by atoms with van der Waals surface area (Å²) in [5.41, 5.74) is 1.85. The number of nitrogens with zero attached hydrogens (tertiary/aromatic N) is 5. The summed E-state index contributed by atoms with van der Waals surface area (Å²) >= 11 is 0. The van der Waals surface area contributed by atoms with Gasteiger partial charge in [0.15, 0.2) is 5.65 Å². The molecule has 0 unspecified atom stereocenters. The average Bonchev–Trinajstić information content (AvgIpc) is 2.92. The molecule has 4 rings (SSSR count). The Bertz CT molecular complexity index is 1080. The molecular formula is C15H10F6N6O2. The van der Waals surface area contributed by atoms with Crippen LogP contribution in [0.3, 0.4) is 0 Å². The Morgan fingerprint density at radius 3 is 2.41 bits per heavy atom. The van der Waals surface area contributed by atoms with Gasteiger partial charge < -0.3 is 15.2 Å². The monoisotopic (exact) mass is 420 g/mol. The summed E-state index contributed by atoms with van der Waals surface area (Å²) in [6, 6.07) is 1.29. The van der Waals surface area contributed by atoms with Crippen LogP contribution in [-0.4, -0.2) is 44.1 Å². The molecule has 0 aromatic carbocycles. The number of halogens is 6. The van der Waals surface area contributed by atoms with Crippen molar-refractivity contribution < 1.29 is 35.8 Å². The Kier molecular flexibility index (Phi) is 4.08. The lowest BCUT2D eigenvalue weighted by Gasteiger charge is -2.42. The topological polar surface area (TPSA) is 101 Å². The third-order valence-electron chi connectivity index (χ3n) is 4.34. The number of hydrogen-bond acceptors (Lipinski definition) is 7. The molecule has 0 spiro atoms. The Hall–Kier alpha value is -3.16. The molecule has 0 atom stereocenters. The first-order valence-corrected chi connectivity index (χ1v) is 7.88. The van der Waals surface area contributed by atoms with Crippen molar-refractivity contribution in [3.8, 4) is 11.8 Å². The molecule has 3 aromatic heterocycles. The second-order valence-corrected chi connectivity index (χ2v) is 6.18. The fraction of sp³-hybridized carbons (Fsp3) is 0.333. The quantitative estimate of drug-likeness (QED) is 0.651. The molecule has 1 fully saturated rings. The minimum Gasteiger partial charge on any atom is -0.418 e. The minimum atomic E-state index is -4.75. The van der Waals surface area contributed by atoms with Crippen LogP contribution in [-0.2, 0) is 16.5 Å². The highest BCUT2D eigenvalue weighted by molar-refractivity contribution is 5.91. The van der Waals surface area contributed by atoms with E-state index in [1.807, 2.05) is 0 Å². The lowest BCUT2D eigenvalue weighted by molar-refractivity contribution is -0.292. The Balaban J connectivity index is 1.85. The maximum atomic E-state index is 13.7. The Labute approximate surface area is 157 Å². The van der Waals surface area contributed by atoms with Crippen molar-refractivity contribution in [3.63, 3.8) is 0 Å². The zero-order valence-electron chi connectivity index (χ0n) is 14.1. The first-order chi connectivity index (χ1) is 13.5. The standard InChI is InChI=1S/C15H10F6N6O2/c16-14(17,18)7-1-2-23-8(3-7)29-12-9-10(22)24-6-25-11(9)27(26-12)13(4-28-5-13)15(19,20)21/h1-3,6H,4-5H2,(H2,22,24,25). The van der Waals surface area contributed by atoms with Crippen molar-refractivity contribution >= 4 is 16.9 Å². The van der Waals surface area contributed by atoms with E-state index in [1.54, 1.807) is 0 Å². The highest BCUT2D eigenvalue weighted by Crippen LogP contribution is 2.45. The van der Waals surface area contributed by atoms with E-state index >= 15 is 0 Å². The zero-order chi connectivity index (χ0) is 21.0. The molecule has 2 N–H and O–H groups in total. The van der Waals surface area contributed by atoms with Gasteiger partial charge in [0.2, 0.25) is 11.4 Å². The van der Waals surface area contributed by atoms with Crippen molar-refractivity contribution in [2.24, 2.45) is 0 Å². The summed E-state index contributed by atoms with van der Waals surface area (Å²) in [5.74, 6) is -1.32. The van der Waals surface area contributed by atoms with Gasteiger partial charge in [0, 0.05) is 12.3 Å². The Morgan fingerprint density at radius 2 is 1.83 bits per heavy atom. The van der Waals surface area contributed by atoms with Crippen molar-refractivity contribution in [2.75, 3.05) is 18.9 Å². The predicted molar refractivity (Wildman–Crippen MR) is 83.9 cm³/mol. The summed E-state index contributed by atoms with van der Waals surface area (Å²) in [4.78, 5) is 11.1. The van der Waals surface area contributed by atoms with Crippen LogP contribution >= 0.6 is 0 Å². The van der Waals surface area contributed by atoms with E-state index in [9.17, 15) is 26.3 Å². The van der Waals surface area contributed by atoms with E-state index < -0.39 is 48.4 Å². The molecule has 29 heavy (non-hydrogen) atoms. The predicted octanol–water partition coefficient (Wildman–Crippen LogP) is 2.90. The van der Waals surface area contributed by atoms with Crippen LogP contribution in [0.25, 0.3) is 11.0 Å². The summed E-state index contributed by atoms with van der Waals surface area (Å²) in [6.07, 6.45) is -7.65. The number of pyridine rings is 1. The number of nitrogens with two attached hydrogens (primary N) is 1. The summed E-state index contributed by atoms with van der Waals surface area (Å²) < 4.78 is 90.3. The van der Waals surface area contributed by atoms with Crippen LogP contribution in [0.1, 0.15) is 5.56 Å². The number of ether oxygens (including phenoxy) is 2. The SMILES string of the molecule is Nc1ncnc2c1c(Oc1cc(C(F)(F)F)ccn1)nn2C1(C(F)(F)F)COC1. The van der Waals surface area contributed by atoms with Gasteiger partial charge in [0.05, 0.1) is 18.8 Å². The number of rotatable bonds is 3. The van der Waals surface area contributed by atoms with Gasteiger partial charge >= 0.3 is 12.4 Å². The number of nitrogen functional groups attached to an aromatic ring is 1. The highest BCUT2D eigenvalue weighted by Gasteiger charge is 2.63. The normalized spacial score (nSPS) is 16.6. The molecule has 154 valence electrons. The summed E-state index contributed by atoms with van der Waals surface area (Å²) in [6.45, 7) is -1.45. The molecule has 3 aromatic rings. The van der Waals surface area contributed by atoms with Crippen LogP contribution in [0.15, 0.2) is 24.7 Å². The van der Waals surface area contributed by atoms with Gasteiger partial charge in [-0.25, -0.2) is 19.6 Å². The van der Waals surface area contributed by atoms with Crippen molar-refractivity contribution in [1.29, 1.82) is 0 Å². The van der Waals surface area contributed by atoms with Gasteiger partial charge in [0.1, 0.15) is 17.5 Å². The fourth-order valence-electron chi connectivity index (χ4n) is 2.76. The first-order valence-electron chi connectivity index (χ1n) is 7.88. The number of fused-ring (bicyclic) bond motifs is 1. The molecule has 0 radical (unpaired) electrons. The van der Waals surface area contributed by atoms with E-state index in [-0.39, 0.29) is 16.9 Å². The van der Waals surface area contributed by atoms with E-state index in [0.29, 0.717) is 16.8 Å². The van der Waals surface area contributed by atoms with Crippen molar-refractivity contribution in [2.45, 2.75) is 17.9 Å². The lowest BCUT2D eigenvalue weighted by Crippen LogP contribution is -2.62. The third kappa shape index (κ3) is 2.99. The second-order valence-electron chi connectivity index (χ2n) is 6.18. The van der Waals surface area contributed by atoms with Crippen LogP contribution < -0.4 is 10.5 Å². The maximum absolute atomic E-state index is 13.7. The molecule has 4 heterocycles. The fourth-order valence-corrected chi connectivity index (χ4v) is 2.76. The minimum absolute atomic E-state index is 0.192. The molecule has 0 aliphatic carbocycles. The van der Waals surface area contributed by atoms with Gasteiger partial charge in [0.25, 0.3) is 5.88 Å².